The van der Waals surface area contributed by atoms with E-state index in [2.05, 4.69) is 35.6 Å². The molecule has 5 nitrogen and oxygen atoms in total. The highest BCUT2D eigenvalue weighted by Gasteiger charge is 2.32. The molecule has 1 unspecified atom stereocenters. The van der Waals surface area contributed by atoms with Gasteiger partial charge in [-0.3, -0.25) is 4.79 Å². The maximum atomic E-state index is 13.0. The molecule has 126 valence electrons. The van der Waals surface area contributed by atoms with Crippen LogP contribution >= 0.6 is 0 Å². The summed E-state index contributed by atoms with van der Waals surface area (Å²) in [6, 6.07) is 4.43. The minimum absolute atomic E-state index is 0.148. The zero-order valence-electron chi connectivity index (χ0n) is 14.6. The van der Waals surface area contributed by atoms with Crippen molar-refractivity contribution in [2.24, 2.45) is 0 Å². The first-order valence-electron chi connectivity index (χ1n) is 8.82. The van der Waals surface area contributed by atoms with Crippen molar-refractivity contribution in [2.45, 2.75) is 52.0 Å². The van der Waals surface area contributed by atoms with Crippen LogP contribution in [0.3, 0.4) is 0 Å². The molecule has 2 heterocycles. The first-order valence-corrected chi connectivity index (χ1v) is 8.82. The number of hydrogen-bond donors (Lipinski definition) is 0. The van der Waals surface area contributed by atoms with Gasteiger partial charge in [0, 0.05) is 30.8 Å². The zero-order valence-corrected chi connectivity index (χ0v) is 14.6. The lowest BCUT2D eigenvalue weighted by Gasteiger charge is -2.19. The predicted molar refractivity (Wildman–Crippen MR) is 92.2 cm³/mol. The summed E-state index contributed by atoms with van der Waals surface area (Å²) in [5.41, 5.74) is 5.31. The number of hydrogen-bond acceptors (Lipinski definition) is 3. The maximum Gasteiger partial charge on any atom is 0.254 e. The molecule has 0 radical (unpaired) electrons. The number of likely N-dealkylation sites (tertiary alicyclic amines) is 1. The lowest BCUT2D eigenvalue weighted by molar-refractivity contribution is 0.0785. The van der Waals surface area contributed by atoms with Crippen molar-refractivity contribution >= 4 is 5.91 Å². The first-order chi connectivity index (χ1) is 11.5. The quantitative estimate of drug-likeness (QED) is 0.871. The number of aromatic nitrogens is 3. The molecule has 1 aromatic carbocycles. The van der Waals surface area contributed by atoms with Gasteiger partial charge in [0.2, 0.25) is 0 Å². The SMILES string of the molecule is Cc1cc(C)c(C(=O)N2CCC(n3cc(C4CC4)nn3)C2)c(C)c1. The summed E-state index contributed by atoms with van der Waals surface area (Å²) >= 11 is 0. The molecule has 1 atom stereocenters. The Bertz CT molecular complexity index is 767. The standard InChI is InChI=1S/C19H24N4O/c1-12-8-13(2)18(14(3)9-12)19(24)22-7-6-16(10-22)23-11-17(20-21-23)15-4-5-15/h8-9,11,15-16H,4-7,10H2,1-3H3. The summed E-state index contributed by atoms with van der Waals surface area (Å²) in [5, 5.41) is 8.60. The Morgan fingerprint density at radius 1 is 1.12 bits per heavy atom. The Labute approximate surface area is 142 Å². The van der Waals surface area contributed by atoms with Crippen LogP contribution in [0.5, 0.6) is 0 Å². The third-order valence-electron chi connectivity index (χ3n) is 5.24. The van der Waals surface area contributed by atoms with E-state index in [1.54, 1.807) is 0 Å². The molecule has 24 heavy (non-hydrogen) atoms. The van der Waals surface area contributed by atoms with Crippen molar-refractivity contribution in [1.29, 1.82) is 0 Å². The van der Waals surface area contributed by atoms with Crippen molar-refractivity contribution in [1.82, 2.24) is 19.9 Å². The Kier molecular flexibility index (Phi) is 3.66. The van der Waals surface area contributed by atoms with Gasteiger partial charge >= 0.3 is 0 Å². The van der Waals surface area contributed by atoms with E-state index < -0.39 is 0 Å². The van der Waals surface area contributed by atoms with Crippen molar-refractivity contribution in [3.8, 4) is 0 Å². The number of carbonyl (C=O) groups excluding carboxylic acids is 1. The smallest absolute Gasteiger partial charge is 0.254 e. The molecule has 0 spiro atoms. The molecular formula is C19H24N4O. The fourth-order valence-electron chi connectivity index (χ4n) is 3.85. The summed E-state index contributed by atoms with van der Waals surface area (Å²) < 4.78 is 1.97. The lowest BCUT2D eigenvalue weighted by atomic mass is 9.99. The molecule has 2 aliphatic rings. The Hall–Kier alpha value is -2.17. The van der Waals surface area contributed by atoms with Crippen molar-refractivity contribution < 1.29 is 4.79 Å². The molecule has 2 aromatic rings. The van der Waals surface area contributed by atoms with E-state index in [0.717, 1.165) is 41.9 Å². The van der Waals surface area contributed by atoms with Crippen LogP contribution in [0.1, 0.15) is 64.0 Å². The van der Waals surface area contributed by atoms with Gasteiger partial charge in [-0.1, -0.05) is 22.9 Å². The zero-order chi connectivity index (χ0) is 16.8. The Morgan fingerprint density at radius 2 is 1.83 bits per heavy atom. The van der Waals surface area contributed by atoms with Crippen LogP contribution in [0.15, 0.2) is 18.3 Å². The highest BCUT2D eigenvalue weighted by atomic mass is 16.2. The van der Waals surface area contributed by atoms with E-state index in [0.29, 0.717) is 5.92 Å². The molecule has 1 aliphatic carbocycles. The van der Waals surface area contributed by atoms with Crippen LogP contribution in [-0.2, 0) is 0 Å². The molecule has 4 rings (SSSR count). The second kappa shape index (κ2) is 5.72. The minimum Gasteiger partial charge on any atom is -0.336 e. The summed E-state index contributed by atoms with van der Waals surface area (Å²) in [4.78, 5) is 14.9. The molecule has 2 fully saturated rings. The Morgan fingerprint density at radius 3 is 2.50 bits per heavy atom. The molecule has 1 aromatic heterocycles. The summed E-state index contributed by atoms with van der Waals surface area (Å²) in [7, 11) is 0. The largest absolute Gasteiger partial charge is 0.336 e. The van der Waals surface area contributed by atoms with Crippen LogP contribution in [0.4, 0.5) is 0 Å². The van der Waals surface area contributed by atoms with Gasteiger partial charge in [-0.05, 0) is 51.2 Å². The number of benzene rings is 1. The van der Waals surface area contributed by atoms with Crippen molar-refractivity contribution in [3.63, 3.8) is 0 Å². The highest BCUT2D eigenvalue weighted by molar-refractivity contribution is 5.97. The van der Waals surface area contributed by atoms with Gasteiger partial charge in [-0.15, -0.1) is 5.10 Å². The van der Waals surface area contributed by atoms with Crippen LogP contribution in [0.2, 0.25) is 0 Å². The predicted octanol–water partition coefficient (Wildman–Crippen LogP) is 3.17. The van der Waals surface area contributed by atoms with E-state index in [9.17, 15) is 4.79 Å². The first kappa shape index (κ1) is 15.4. The van der Waals surface area contributed by atoms with Gasteiger partial charge in [0.25, 0.3) is 5.91 Å². The Balaban J connectivity index is 1.50. The van der Waals surface area contributed by atoms with Crippen LogP contribution < -0.4 is 0 Å². The van der Waals surface area contributed by atoms with E-state index in [1.165, 1.54) is 18.4 Å². The molecule has 1 saturated heterocycles. The topological polar surface area (TPSA) is 51.0 Å². The molecule has 5 heteroatoms. The average Bonchev–Trinajstić information content (AvgIpc) is 3.07. The second-order valence-electron chi connectivity index (χ2n) is 7.37. The number of aryl methyl sites for hydroxylation is 3. The molecule has 1 amide bonds. The summed E-state index contributed by atoms with van der Waals surface area (Å²) in [5.74, 6) is 0.769. The minimum atomic E-state index is 0.148. The van der Waals surface area contributed by atoms with Gasteiger partial charge in [0.1, 0.15) is 0 Å². The fourth-order valence-corrected chi connectivity index (χ4v) is 3.85. The third kappa shape index (κ3) is 2.72. The summed E-state index contributed by atoms with van der Waals surface area (Å²) in [6.07, 6.45) is 5.50. The number of nitrogens with zero attached hydrogens (tertiary/aromatic N) is 4. The molecular weight excluding hydrogens is 300 g/mol. The fraction of sp³-hybridized carbons (Fsp3) is 0.526. The highest BCUT2D eigenvalue weighted by Crippen LogP contribution is 2.39. The summed E-state index contributed by atoms with van der Waals surface area (Å²) in [6.45, 7) is 7.64. The van der Waals surface area contributed by atoms with Gasteiger partial charge in [-0.25, -0.2) is 4.68 Å². The van der Waals surface area contributed by atoms with Gasteiger partial charge in [0.15, 0.2) is 0 Å². The van der Waals surface area contributed by atoms with Crippen molar-refractivity contribution in [3.05, 3.63) is 46.3 Å². The molecule has 0 bridgehead atoms. The van der Waals surface area contributed by atoms with E-state index in [1.807, 2.05) is 23.4 Å². The van der Waals surface area contributed by atoms with E-state index >= 15 is 0 Å². The normalized spacial score (nSPS) is 20.6. The van der Waals surface area contributed by atoms with E-state index in [4.69, 9.17) is 0 Å². The molecule has 1 saturated carbocycles. The van der Waals surface area contributed by atoms with Crippen LogP contribution in [-0.4, -0.2) is 38.9 Å². The van der Waals surface area contributed by atoms with Crippen LogP contribution in [0, 0.1) is 20.8 Å². The molecule has 1 aliphatic heterocycles. The van der Waals surface area contributed by atoms with Gasteiger partial charge < -0.3 is 4.90 Å². The monoisotopic (exact) mass is 324 g/mol. The number of rotatable bonds is 3. The molecule has 0 N–H and O–H groups in total. The van der Waals surface area contributed by atoms with Gasteiger partial charge in [0.05, 0.1) is 11.7 Å². The van der Waals surface area contributed by atoms with Crippen molar-refractivity contribution in [2.75, 3.05) is 13.1 Å². The number of carbonyl (C=O) groups is 1. The lowest BCUT2D eigenvalue weighted by Crippen LogP contribution is -2.30. The van der Waals surface area contributed by atoms with Gasteiger partial charge in [-0.2, -0.15) is 0 Å². The third-order valence-corrected chi connectivity index (χ3v) is 5.24. The number of amides is 1. The second-order valence-corrected chi connectivity index (χ2v) is 7.37. The van der Waals surface area contributed by atoms with E-state index in [-0.39, 0.29) is 11.9 Å². The van der Waals surface area contributed by atoms with Crippen LogP contribution in [0.25, 0.3) is 0 Å². The average molecular weight is 324 g/mol. The maximum absolute atomic E-state index is 13.0.